The summed E-state index contributed by atoms with van der Waals surface area (Å²) in [4.78, 5) is 25.0. The highest BCUT2D eigenvalue weighted by Crippen LogP contribution is 2.29. The monoisotopic (exact) mass is 408 g/mol. The lowest BCUT2D eigenvalue weighted by atomic mass is 9.92. The van der Waals surface area contributed by atoms with Crippen molar-refractivity contribution in [3.8, 4) is 6.07 Å². The van der Waals surface area contributed by atoms with E-state index in [4.69, 9.17) is 0 Å². The zero-order valence-electron chi connectivity index (χ0n) is 16.4. The number of hydrogen-bond acceptors (Lipinski definition) is 5. The van der Waals surface area contributed by atoms with Crippen LogP contribution in [0.1, 0.15) is 31.0 Å². The molecule has 1 aliphatic heterocycles. The van der Waals surface area contributed by atoms with E-state index < -0.39 is 22.7 Å². The molecule has 2 aromatic carbocycles. The van der Waals surface area contributed by atoms with E-state index in [9.17, 15) is 14.9 Å². The van der Waals surface area contributed by atoms with Gasteiger partial charge < -0.3 is 10.6 Å². The first-order chi connectivity index (χ1) is 14.0. The second-order valence-electron chi connectivity index (χ2n) is 6.87. The topological polar surface area (TPSA) is 94.0 Å². The van der Waals surface area contributed by atoms with Gasteiger partial charge in [0.1, 0.15) is 11.4 Å². The number of hydrogen-bond donors (Lipinski definition) is 3. The normalized spacial score (nSPS) is 22.2. The third-order valence-electron chi connectivity index (χ3n) is 4.86. The number of nitriles is 1. The van der Waals surface area contributed by atoms with Gasteiger partial charge in [-0.3, -0.25) is 14.9 Å². The van der Waals surface area contributed by atoms with Crippen LogP contribution < -0.4 is 16.0 Å². The van der Waals surface area contributed by atoms with Crippen molar-refractivity contribution in [3.63, 3.8) is 0 Å². The highest BCUT2D eigenvalue weighted by atomic mass is 32.2. The molecule has 1 saturated heterocycles. The highest BCUT2D eigenvalue weighted by Gasteiger charge is 2.38. The predicted molar refractivity (Wildman–Crippen MR) is 115 cm³/mol. The van der Waals surface area contributed by atoms with E-state index in [1.54, 1.807) is 6.92 Å². The molecule has 2 aromatic rings. The number of amides is 2. The molecule has 3 rings (SSSR count). The minimum absolute atomic E-state index is 0.144. The summed E-state index contributed by atoms with van der Waals surface area (Å²) in [5, 5.41) is 18.0. The van der Waals surface area contributed by atoms with Gasteiger partial charge in [0, 0.05) is 5.69 Å². The van der Waals surface area contributed by atoms with Crippen molar-refractivity contribution in [1.82, 2.24) is 10.6 Å². The van der Waals surface area contributed by atoms with E-state index in [-0.39, 0.29) is 11.8 Å². The number of thioether (sulfide) groups is 1. The molecule has 2 amide bonds. The number of nitrogens with zero attached hydrogens (tertiary/aromatic N) is 1. The average Bonchev–Trinajstić information content (AvgIpc) is 2.74. The van der Waals surface area contributed by atoms with Gasteiger partial charge in [-0.25, -0.2) is 0 Å². The van der Waals surface area contributed by atoms with Crippen molar-refractivity contribution in [2.24, 2.45) is 5.92 Å². The lowest BCUT2D eigenvalue weighted by Crippen LogP contribution is -2.56. The molecule has 0 bridgehead atoms. The fourth-order valence-corrected chi connectivity index (χ4v) is 4.16. The Morgan fingerprint density at radius 1 is 1.21 bits per heavy atom. The summed E-state index contributed by atoms with van der Waals surface area (Å²) >= 11 is 1.31. The van der Waals surface area contributed by atoms with Gasteiger partial charge >= 0.3 is 0 Å². The summed E-state index contributed by atoms with van der Waals surface area (Å²) in [6.07, 6.45) is 0.944. The van der Waals surface area contributed by atoms with Gasteiger partial charge in [-0.05, 0) is 36.6 Å². The Bertz CT molecular complexity index is 895. The van der Waals surface area contributed by atoms with Crippen molar-refractivity contribution in [2.45, 2.75) is 37.1 Å². The van der Waals surface area contributed by atoms with Gasteiger partial charge in [0.2, 0.25) is 11.8 Å². The third kappa shape index (κ3) is 5.17. The third-order valence-corrected chi connectivity index (χ3v) is 6.01. The van der Waals surface area contributed by atoms with Gasteiger partial charge in [-0.1, -0.05) is 49.4 Å². The van der Waals surface area contributed by atoms with Crippen molar-refractivity contribution in [1.29, 1.82) is 5.26 Å². The van der Waals surface area contributed by atoms with Crippen LogP contribution in [-0.2, 0) is 16.0 Å². The molecule has 4 unspecified atom stereocenters. The molecule has 150 valence electrons. The average molecular weight is 409 g/mol. The summed E-state index contributed by atoms with van der Waals surface area (Å²) in [5.41, 5.74) is 2.35. The van der Waals surface area contributed by atoms with Crippen LogP contribution in [0.15, 0.2) is 54.6 Å². The zero-order chi connectivity index (χ0) is 20.8. The van der Waals surface area contributed by atoms with E-state index in [2.05, 4.69) is 28.9 Å². The Hall–Kier alpha value is -2.82. The first-order valence-electron chi connectivity index (χ1n) is 9.58. The number of carbonyl (C=O) groups excluding carboxylic acids is 2. The SMILES string of the molecule is CCc1ccc(NC(=O)C(C)SC2NC(=O)C(C#N)C(c3ccccc3)N2)cc1. The molecule has 1 heterocycles. The Morgan fingerprint density at radius 2 is 1.90 bits per heavy atom. The van der Waals surface area contributed by atoms with Crippen LogP contribution in [0.5, 0.6) is 0 Å². The molecule has 1 fully saturated rings. The Labute approximate surface area is 175 Å². The van der Waals surface area contributed by atoms with E-state index in [1.807, 2.05) is 54.6 Å². The van der Waals surface area contributed by atoms with Crippen LogP contribution in [0, 0.1) is 17.2 Å². The Balaban J connectivity index is 1.64. The lowest BCUT2D eigenvalue weighted by molar-refractivity contribution is -0.126. The molecule has 3 N–H and O–H groups in total. The van der Waals surface area contributed by atoms with Crippen LogP contribution in [0.25, 0.3) is 0 Å². The number of aryl methyl sites for hydroxylation is 1. The van der Waals surface area contributed by atoms with Crippen LogP contribution >= 0.6 is 11.8 Å². The molecule has 6 nitrogen and oxygen atoms in total. The second-order valence-corrected chi connectivity index (χ2v) is 8.32. The second kappa shape index (κ2) is 9.59. The van der Waals surface area contributed by atoms with E-state index in [1.165, 1.54) is 17.3 Å². The van der Waals surface area contributed by atoms with Crippen LogP contribution in [-0.4, -0.2) is 22.6 Å². The molecule has 0 aromatic heterocycles. The number of carbonyl (C=O) groups is 2. The van der Waals surface area contributed by atoms with Gasteiger partial charge in [0.05, 0.1) is 17.4 Å². The molecule has 4 atom stereocenters. The van der Waals surface area contributed by atoms with Gasteiger partial charge in [0.15, 0.2) is 0 Å². The molecular weight excluding hydrogens is 384 g/mol. The van der Waals surface area contributed by atoms with Crippen LogP contribution in [0.3, 0.4) is 0 Å². The molecule has 1 aliphatic rings. The molecular formula is C22H24N4O2S. The number of rotatable bonds is 6. The largest absolute Gasteiger partial charge is 0.331 e. The quantitative estimate of drug-likeness (QED) is 0.682. The van der Waals surface area contributed by atoms with E-state index >= 15 is 0 Å². The van der Waals surface area contributed by atoms with Gasteiger partial charge in [0.25, 0.3) is 0 Å². The van der Waals surface area contributed by atoms with E-state index in [0.29, 0.717) is 0 Å². The molecule has 7 heteroatoms. The minimum Gasteiger partial charge on any atom is -0.331 e. The Kier molecular flexibility index (Phi) is 6.91. The minimum atomic E-state index is -0.824. The zero-order valence-corrected chi connectivity index (χ0v) is 17.2. The fraction of sp³-hybridized carbons (Fsp3) is 0.318. The number of nitrogens with one attached hydrogen (secondary N) is 3. The summed E-state index contributed by atoms with van der Waals surface area (Å²) < 4.78 is 0. The first-order valence-corrected chi connectivity index (χ1v) is 10.5. The predicted octanol–water partition coefficient (Wildman–Crippen LogP) is 3.19. The first kappa shape index (κ1) is 20.9. The maximum Gasteiger partial charge on any atom is 0.241 e. The van der Waals surface area contributed by atoms with Crippen molar-refractivity contribution in [3.05, 3.63) is 65.7 Å². The smallest absolute Gasteiger partial charge is 0.241 e. The van der Waals surface area contributed by atoms with Crippen molar-refractivity contribution < 1.29 is 9.59 Å². The van der Waals surface area contributed by atoms with E-state index in [0.717, 1.165) is 17.7 Å². The maximum atomic E-state index is 12.6. The standard InChI is InChI=1S/C22H24N4O2S/c1-3-15-9-11-17(12-10-15)24-20(27)14(2)29-22-25-19(16-7-5-4-6-8-16)18(13-23)21(28)26-22/h4-12,14,18-19,22,25H,3H2,1-2H3,(H,24,27)(H,26,28). The summed E-state index contributed by atoms with van der Waals surface area (Å²) in [7, 11) is 0. The number of benzene rings is 2. The van der Waals surface area contributed by atoms with Crippen LogP contribution in [0.2, 0.25) is 0 Å². The summed E-state index contributed by atoms with van der Waals surface area (Å²) in [6, 6.07) is 18.8. The summed E-state index contributed by atoms with van der Waals surface area (Å²) in [6.45, 7) is 3.87. The number of anilines is 1. The summed E-state index contributed by atoms with van der Waals surface area (Å²) in [5.74, 6) is -1.30. The molecule has 0 saturated carbocycles. The lowest BCUT2D eigenvalue weighted by Gasteiger charge is -2.35. The molecule has 29 heavy (non-hydrogen) atoms. The van der Waals surface area contributed by atoms with Gasteiger partial charge in [-0.15, -0.1) is 11.8 Å². The van der Waals surface area contributed by atoms with Crippen LogP contribution in [0.4, 0.5) is 5.69 Å². The highest BCUT2D eigenvalue weighted by molar-refractivity contribution is 8.01. The molecule has 0 radical (unpaired) electrons. The molecule has 0 aliphatic carbocycles. The van der Waals surface area contributed by atoms with Crippen molar-refractivity contribution >= 4 is 29.3 Å². The van der Waals surface area contributed by atoms with Crippen molar-refractivity contribution in [2.75, 3.05) is 5.32 Å². The fourth-order valence-electron chi connectivity index (χ4n) is 3.16. The maximum absolute atomic E-state index is 12.6. The van der Waals surface area contributed by atoms with Gasteiger partial charge in [-0.2, -0.15) is 5.26 Å². The Morgan fingerprint density at radius 3 is 2.52 bits per heavy atom. The molecule has 0 spiro atoms.